The van der Waals surface area contributed by atoms with Gasteiger partial charge in [-0.1, -0.05) is 59.1 Å². The van der Waals surface area contributed by atoms with Crippen molar-refractivity contribution >= 4 is 52.5 Å². The number of anilines is 1. The van der Waals surface area contributed by atoms with Crippen molar-refractivity contribution in [3.8, 4) is 11.8 Å². The van der Waals surface area contributed by atoms with Crippen LogP contribution < -0.4 is 10.1 Å². The zero-order valence-electron chi connectivity index (χ0n) is 15.5. The van der Waals surface area contributed by atoms with E-state index in [4.69, 9.17) is 39.5 Å². The second-order valence-electron chi connectivity index (χ2n) is 6.21. The lowest BCUT2D eigenvalue weighted by atomic mass is 10.1. The van der Waals surface area contributed by atoms with Crippen molar-refractivity contribution in [1.82, 2.24) is 0 Å². The Morgan fingerprint density at radius 1 is 1.00 bits per heavy atom. The van der Waals surface area contributed by atoms with E-state index in [1.54, 1.807) is 60.7 Å². The topological polar surface area (TPSA) is 62.1 Å². The molecule has 0 saturated heterocycles. The van der Waals surface area contributed by atoms with Crippen LogP contribution in [0.4, 0.5) is 5.69 Å². The number of nitrogens with zero attached hydrogens (tertiary/aromatic N) is 1. The van der Waals surface area contributed by atoms with Crippen LogP contribution in [0.3, 0.4) is 0 Å². The third-order valence-electron chi connectivity index (χ3n) is 4.06. The summed E-state index contributed by atoms with van der Waals surface area (Å²) in [6, 6.07) is 20.9. The van der Waals surface area contributed by atoms with Gasteiger partial charge in [-0.05, 0) is 54.1 Å². The molecule has 0 saturated carbocycles. The average Bonchev–Trinajstić information content (AvgIpc) is 2.75. The van der Waals surface area contributed by atoms with E-state index in [9.17, 15) is 10.1 Å². The number of benzene rings is 3. The lowest BCUT2D eigenvalue weighted by Gasteiger charge is -2.10. The highest BCUT2D eigenvalue weighted by Gasteiger charge is 2.12. The lowest BCUT2D eigenvalue weighted by Crippen LogP contribution is -2.13. The number of rotatable bonds is 6. The number of halogens is 3. The summed E-state index contributed by atoms with van der Waals surface area (Å²) in [4.78, 5) is 12.5. The van der Waals surface area contributed by atoms with Crippen molar-refractivity contribution in [2.75, 3.05) is 5.32 Å². The van der Waals surface area contributed by atoms with Crippen LogP contribution in [0.1, 0.15) is 11.1 Å². The van der Waals surface area contributed by atoms with E-state index >= 15 is 0 Å². The highest BCUT2D eigenvalue weighted by molar-refractivity contribution is 6.42. The van der Waals surface area contributed by atoms with Gasteiger partial charge >= 0.3 is 0 Å². The Morgan fingerprint density at radius 2 is 1.73 bits per heavy atom. The Hall–Kier alpha value is -2.97. The minimum Gasteiger partial charge on any atom is -0.488 e. The third-order valence-corrected chi connectivity index (χ3v) is 5.06. The first-order chi connectivity index (χ1) is 14.5. The molecule has 0 radical (unpaired) electrons. The number of nitrogens with one attached hydrogen (secondary N) is 1. The summed E-state index contributed by atoms with van der Waals surface area (Å²) >= 11 is 17.8. The quantitative estimate of drug-likeness (QED) is 0.328. The Bertz CT molecular complexity index is 1140. The number of amides is 1. The van der Waals surface area contributed by atoms with Gasteiger partial charge in [0.05, 0.1) is 10.0 Å². The average molecular weight is 458 g/mol. The van der Waals surface area contributed by atoms with Crippen molar-refractivity contribution < 1.29 is 9.53 Å². The van der Waals surface area contributed by atoms with Gasteiger partial charge in [0.25, 0.3) is 5.91 Å². The van der Waals surface area contributed by atoms with E-state index in [-0.39, 0.29) is 12.2 Å². The van der Waals surface area contributed by atoms with Crippen LogP contribution in [0.15, 0.2) is 72.3 Å². The molecule has 0 aromatic heterocycles. The number of carbonyl (C=O) groups is 1. The van der Waals surface area contributed by atoms with Crippen molar-refractivity contribution in [3.63, 3.8) is 0 Å². The Labute approximate surface area is 189 Å². The smallest absolute Gasteiger partial charge is 0.266 e. The van der Waals surface area contributed by atoms with Crippen LogP contribution in [-0.4, -0.2) is 5.91 Å². The first-order valence-electron chi connectivity index (χ1n) is 8.81. The summed E-state index contributed by atoms with van der Waals surface area (Å²) in [7, 11) is 0. The highest BCUT2D eigenvalue weighted by atomic mass is 35.5. The predicted molar refractivity (Wildman–Crippen MR) is 121 cm³/mol. The Balaban J connectivity index is 1.77. The number of carbonyl (C=O) groups excluding carboxylic acids is 1. The maximum atomic E-state index is 12.5. The molecule has 0 heterocycles. The van der Waals surface area contributed by atoms with Crippen LogP contribution >= 0.6 is 34.8 Å². The fraction of sp³-hybridized carbons (Fsp3) is 0.0435. The third kappa shape index (κ3) is 5.77. The second-order valence-corrected chi connectivity index (χ2v) is 7.46. The van der Waals surface area contributed by atoms with Crippen LogP contribution in [-0.2, 0) is 11.4 Å². The number of para-hydroxylation sites is 1. The molecule has 3 rings (SSSR count). The van der Waals surface area contributed by atoms with Gasteiger partial charge in [0, 0.05) is 16.3 Å². The van der Waals surface area contributed by atoms with Crippen LogP contribution in [0.2, 0.25) is 15.1 Å². The summed E-state index contributed by atoms with van der Waals surface area (Å²) < 4.78 is 5.87. The van der Waals surface area contributed by atoms with Gasteiger partial charge in [0.15, 0.2) is 0 Å². The molecule has 3 aromatic carbocycles. The molecule has 0 atom stereocenters. The number of hydrogen-bond donors (Lipinski definition) is 1. The van der Waals surface area contributed by atoms with Crippen LogP contribution in [0.5, 0.6) is 5.75 Å². The van der Waals surface area contributed by atoms with Gasteiger partial charge < -0.3 is 10.1 Å². The maximum Gasteiger partial charge on any atom is 0.266 e. The first-order valence-corrected chi connectivity index (χ1v) is 9.94. The molecule has 7 heteroatoms. The minimum absolute atomic E-state index is 0.0597. The van der Waals surface area contributed by atoms with Crippen molar-refractivity contribution in [2.45, 2.75) is 6.61 Å². The van der Waals surface area contributed by atoms with Crippen molar-refractivity contribution in [2.24, 2.45) is 0 Å². The van der Waals surface area contributed by atoms with E-state index in [0.717, 1.165) is 5.56 Å². The van der Waals surface area contributed by atoms with Gasteiger partial charge in [0.1, 0.15) is 24.0 Å². The van der Waals surface area contributed by atoms with Gasteiger partial charge in [-0.3, -0.25) is 4.79 Å². The number of nitriles is 1. The number of hydrogen-bond acceptors (Lipinski definition) is 3. The molecule has 0 bridgehead atoms. The number of ether oxygens (including phenoxy) is 1. The van der Waals surface area contributed by atoms with Gasteiger partial charge in [-0.25, -0.2) is 0 Å². The SMILES string of the molecule is N#C/C(=C\c1ccccc1OCc1ccc(Cl)c(Cl)c1)C(=O)Nc1ccc(Cl)cc1. The van der Waals surface area contributed by atoms with E-state index in [2.05, 4.69) is 5.32 Å². The molecule has 0 aliphatic rings. The summed E-state index contributed by atoms with van der Waals surface area (Å²) in [5.41, 5.74) is 1.91. The molecule has 0 fully saturated rings. The van der Waals surface area contributed by atoms with Crippen LogP contribution in [0.25, 0.3) is 6.08 Å². The molecule has 4 nitrogen and oxygen atoms in total. The predicted octanol–water partition coefficient (Wildman–Crippen LogP) is 6.77. The zero-order valence-corrected chi connectivity index (χ0v) is 17.8. The fourth-order valence-electron chi connectivity index (χ4n) is 2.56. The molecule has 0 aliphatic heterocycles. The molecule has 1 N–H and O–H groups in total. The molecule has 3 aromatic rings. The van der Waals surface area contributed by atoms with E-state index in [0.29, 0.717) is 32.1 Å². The van der Waals surface area contributed by atoms with E-state index < -0.39 is 5.91 Å². The second kappa shape index (κ2) is 10.2. The molecular weight excluding hydrogens is 443 g/mol. The summed E-state index contributed by atoms with van der Waals surface area (Å²) in [5.74, 6) is -0.00489. The lowest BCUT2D eigenvalue weighted by molar-refractivity contribution is -0.112. The molecule has 30 heavy (non-hydrogen) atoms. The molecular formula is C23H15Cl3N2O2. The summed E-state index contributed by atoms with van der Waals surface area (Å²) in [5, 5.41) is 13.6. The Morgan fingerprint density at radius 3 is 2.43 bits per heavy atom. The van der Waals surface area contributed by atoms with E-state index in [1.807, 2.05) is 12.1 Å². The first kappa shape index (κ1) is 21.7. The highest BCUT2D eigenvalue weighted by Crippen LogP contribution is 2.26. The molecule has 150 valence electrons. The van der Waals surface area contributed by atoms with E-state index in [1.165, 1.54) is 6.08 Å². The molecule has 0 unspecified atom stereocenters. The standard InChI is InChI=1S/C23H15Cl3N2O2/c24-18-6-8-19(9-7-18)28-23(29)17(13-27)12-16-3-1-2-4-22(16)30-14-15-5-10-20(25)21(26)11-15/h1-12H,14H2,(H,28,29)/b17-12+. The Kier molecular flexibility index (Phi) is 7.37. The van der Waals surface area contributed by atoms with Gasteiger partial charge in [0.2, 0.25) is 0 Å². The fourth-order valence-corrected chi connectivity index (χ4v) is 3.00. The molecule has 0 aliphatic carbocycles. The van der Waals surface area contributed by atoms with Gasteiger partial charge in [-0.15, -0.1) is 0 Å². The molecule has 0 spiro atoms. The maximum absolute atomic E-state index is 12.5. The van der Waals surface area contributed by atoms with Crippen molar-refractivity contribution in [1.29, 1.82) is 5.26 Å². The van der Waals surface area contributed by atoms with Crippen LogP contribution in [0, 0.1) is 11.3 Å². The zero-order chi connectivity index (χ0) is 21.5. The monoisotopic (exact) mass is 456 g/mol. The normalized spacial score (nSPS) is 10.9. The van der Waals surface area contributed by atoms with Crippen molar-refractivity contribution in [3.05, 3.63) is 98.5 Å². The minimum atomic E-state index is -0.529. The largest absolute Gasteiger partial charge is 0.488 e. The van der Waals surface area contributed by atoms with Gasteiger partial charge in [-0.2, -0.15) is 5.26 Å². The summed E-state index contributed by atoms with van der Waals surface area (Å²) in [6.45, 7) is 0.251. The molecule has 1 amide bonds. The summed E-state index contributed by atoms with van der Waals surface area (Å²) in [6.07, 6.45) is 1.48.